The first-order valence-electron chi connectivity index (χ1n) is 7.26. The lowest BCUT2D eigenvalue weighted by atomic mass is 9.96. The molecule has 0 aromatic rings. The highest BCUT2D eigenvalue weighted by Crippen LogP contribution is 2.36. The number of carbonyl (C=O) groups is 2. The molecule has 0 radical (unpaired) electrons. The van der Waals surface area contributed by atoms with Crippen LogP contribution in [0.3, 0.4) is 0 Å². The minimum Gasteiger partial charge on any atom is -0.345 e. The van der Waals surface area contributed by atoms with Gasteiger partial charge >= 0.3 is 0 Å². The Morgan fingerprint density at radius 3 is 2.74 bits per heavy atom. The highest BCUT2D eigenvalue weighted by atomic mass is 32.2. The Bertz CT molecular complexity index is 359. The zero-order chi connectivity index (χ0) is 14.0. The van der Waals surface area contributed by atoms with E-state index in [4.69, 9.17) is 0 Å². The summed E-state index contributed by atoms with van der Waals surface area (Å²) in [6.45, 7) is 6.37. The van der Waals surface area contributed by atoms with Crippen LogP contribution in [0.1, 0.15) is 40.0 Å². The standard InChI is InChI=1S/C14H24N2O2S/c1-4-19-11-7-5-6-10(11)16-12(17)8-15-14(18)13(16)9(2)3/h9-11,13H,4-8H2,1-3H3,(H,15,18). The van der Waals surface area contributed by atoms with Crippen LogP contribution in [0.25, 0.3) is 0 Å². The lowest BCUT2D eigenvalue weighted by molar-refractivity contribution is -0.150. The second-order valence-corrected chi connectivity index (χ2v) is 7.22. The number of hydrogen-bond donors (Lipinski definition) is 1. The molecule has 0 aromatic carbocycles. The van der Waals surface area contributed by atoms with Crippen molar-refractivity contribution in [1.82, 2.24) is 10.2 Å². The fourth-order valence-electron chi connectivity index (χ4n) is 3.29. The summed E-state index contributed by atoms with van der Waals surface area (Å²) in [7, 11) is 0. The number of rotatable bonds is 4. The molecule has 0 spiro atoms. The van der Waals surface area contributed by atoms with E-state index in [0.717, 1.165) is 12.2 Å². The van der Waals surface area contributed by atoms with Crippen molar-refractivity contribution >= 4 is 23.6 Å². The Morgan fingerprint density at radius 2 is 2.11 bits per heavy atom. The van der Waals surface area contributed by atoms with Crippen molar-refractivity contribution in [2.75, 3.05) is 12.3 Å². The van der Waals surface area contributed by atoms with Crippen molar-refractivity contribution in [3.05, 3.63) is 0 Å². The number of nitrogens with zero attached hydrogens (tertiary/aromatic N) is 1. The molecular formula is C14H24N2O2S. The molecule has 19 heavy (non-hydrogen) atoms. The summed E-state index contributed by atoms with van der Waals surface area (Å²) in [5, 5.41) is 3.23. The van der Waals surface area contributed by atoms with Gasteiger partial charge in [-0.15, -0.1) is 0 Å². The van der Waals surface area contributed by atoms with Gasteiger partial charge in [-0.05, 0) is 24.5 Å². The van der Waals surface area contributed by atoms with Crippen LogP contribution in [-0.4, -0.2) is 46.3 Å². The molecule has 2 amide bonds. The van der Waals surface area contributed by atoms with Gasteiger partial charge in [0.05, 0.1) is 6.54 Å². The van der Waals surface area contributed by atoms with Gasteiger partial charge in [0.1, 0.15) is 6.04 Å². The highest BCUT2D eigenvalue weighted by molar-refractivity contribution is 7.99. The van der Waals surface area contributed by atoms with Gasteiger partial charge < -0.3 is 10.2 Å². The molecule has 4 nitrogen and oxygen atoms in total. The van der Waals surface area contributed by atoms with Crippen molar-refractivity contribution < 1.29 is 9.59 Å². The lowest BCUT2D eigenvalue weighted by Crippen LogP contribution is -2.64. The van der Waals surface area contributed by atoms with Crippen molar-refractivity contribution in [3.63, 3.8) is 0 Å². The second kappa shape index (κ2) is 6.16. The SMILES string of the molecule is CCSC1CCCC1N1C(=O)CNC(=O)C1C(C)C. The van der Waals surface area contributed by atoms with Gasteiger partial charge in [-0.1, -0.05) is 27.2 Å². The maximum Gasteiger partial charge on any atom is 0.243 e. The number of nitrogens with one attached hydrogen (secondary N) is 1. The molecule has 5 heteroatoms. The third-order valence-electron chi connectivity index (χ3n) is 4.06. The maximum atomic E-state index is 12.3. The number of piperazine rings is 1. The van der Waals surface area contributed by atoms with Crippen LogP contribution in [-0.2, 0) is 9.59 Å². The molecule has 3 atom stereocenters. The first kappa shape index (κ1) is 14.7. The number of thioether (sulfide) groups is 1. The van der Waals surface area contributed by atoms with Crippen LogP contribution < -0.4 is 5.32 Å². The van der Waals surface area contributed by atoms with Crippen molar-refractivity contribution in [2.45, 2.75) is 57.4 Å². The molecule has 0 bridgehead atoms. The summed E-state index contributed by atoms with van der Waals surface area (Å²) in [6.07, 6.45) is 3.37. The smallest absolute Gasteiger partial charge is 0.243 e. The van der Waals surface area contributed by atoms with Gasteiger partial charge in [-0.3, -0.25) is 9.59 Å². The number of amides is 2. The summed E-state index contributed by atoms with van der Waals surface area (Å²) >= 11 is 1.93. The van der Waals surface area contributed by atoms with Crippen LogP contribution in [0.5, 0.6) is 0 Å². The third-order valence-corrected chi connectivity index (χ3v) is 5.37. The molecule has 1 N–H and O–H groups in total. The zero-order valence-corrected chi connectivity index (χ0v) is 12.8. The Kier molecular flexibility index (Phi) is 4.76. The fourth-order valence-corrected chi connectivity index (χ4v) is 4.54. The van der Waals surface area contributed by atoms with E-state index in [0.29, 0.717) is 5.25 Å². The summed E-state index contributed by atoms with van der Waals surface area (Å²) in [6, 6.07) is -0.0415. The monoisotopic (exact) mass is 284 g/mol. The van der Waals surface area contributed by atoms with E-state index in [1.54, 1.807) is 0 Å². The topological polar surface area (TPSA) is 49.4 Å². The molecule has 1 heterocycles. The second-order valence-electron chi connectivity index (χ2n) is 5.70. The molecule has 108 valence electrons. The molecule has 0 aromatic heterocycles. The Balaban J connectivity index is 2.22. The van der Waals surface area contributed by atoms with Gasteiger partial charge in [-0.25, -0.2) is 0 Å². The van der Waals surface area contributed by atoms with Crippen molar-refractivity contribution in [3.8, 4) is 0 Å². The first-order valence-corrected chi connectivity index (χ1v) is 8.31. The first-order chi connectivity index (χ1) is 9.06. The Hall–Kier alpha value is -0.710. The summed E-state index contributed by atoms with van der Waals surface area (Å²) in [5.41, 5.74) is 0. The van der Waals surface area contributed by atoms with Crippen LogP contribution in [0, 0.1) is 5.92 Å². The summed E-state index contributed by atoms with van der Waals surface area (Å²) in [4.78, 5) is 26.3. The van der Waals surface area contributed by atoms with E-state index < -0.39 is 0 Å². The van der Waals surface area contributed by atoms with Gasteiger partial charge in [0.2, 0.25) is 11.8 Å². The largest absolute Gasteiger partial charge is 0.345 e. The van der Waals surface area contributed by atoms with Gasteiger partial charge in [-0.2, -0.15) is 11.8 Å². The van der Waals surface area contributed by atoms with Gasteiger partial charge in [0.25, 0.3) is 0 Å². The lowest BCUT2D eigenvalue weighted by Gasteiger charge is -2.42. The van der Waals surface area contributed by atoms with Crippen molar-refractivity contribution in [1.29, 1.82) is 0 Å². The van der Waals surface area contributed by atoms with E-state index in [9.17, 15) is 9.59 Å². The normalized spacial score (nSPS) is 32.0. The van der Waals surface area contributed by atoms with E-state index >= 15 is 0 Å². The van der Waals surface area contributed by atoms with E-state index in [1.807, 2.05) is 30.5 Å². The molecule has 1 aliphatic carbocycles. The average Bonchev–Trinajstić information content (AvgIpc) is 2.80. The number of hydrogen-bond acceptors (Lipinski definition) is 3. The van der Waals surface area contributed by atoms with Crippen LogP contribution in [0.2, 0.25) is 0 Å². The minimum absolute atomic E-state index is 0.0155. The highest BCUT2D eigenvalue weighted by Gasteiger charge is 2.44. The molecular weight excluding hydrogens is 260 g/mol. The van der Waals surface area contributed by atoms with Crippen LogP contribution in [0.15, 0.2) is 0 Å². The summed E-state index contributed by atoms with van der Waals surface area (Å²) in [5.74, 6) is 1.34. The molecule has 2 aliphatic rings. The van der Waals surface area contributed by atoms with E-state index in [1.165, 1.54) is 12.8 Å². The van der Waals surface area contributed by atoms with Gasteiger partial charge in [0, 0.05) is 11.3 Å². The molecule has 3 unspecified atom stereocenters. The van der Waals surface area contributed by atoms with Crippen LogP contribution >= 0.6 is 11.8 Å². The fraction of sp³-hybridized carbons (Fsp3) is 0.857. The number of carbonyl (C=O) groups excluding carboxylic acids is 2. The predicted molar refractivity (Wildman–Crippen MR) is 78.0 cm³/mol. The Morgan fingerprint density at radius 1 is 1.37 bits per heavy atom. The van der Waals surface area contributed by atoms with Gasteiger partial charge in [0.15, 0.2) is 0 Å². The Labute approximate surface area is 119 Å². The van der Waals surface area contributed by atoms with E-state index in [2.05, 4.69) is 12.2 Å². The molecule has 1 aliphatic heterocycles. The maximum absolute atomic E-state index is 12.3. The molecule has 2 rings (SSSR count). The predicted octanol–water partition coefficient (Wildman–Crippen LogP) is 1.64. The van der Waals surface area contributed by atoms with Crippen molar-refractivity contribution in [2.24, 2.45) is 5.92 Å². The zero-order valence-electron chi connectivity index (χ0n) is 12.0. The quantitative estimate of drug-likeness (QED) is 0.854. The minimum atomic E-state index is -0.288. The van der Waals surface area contributed by atoms with Crippen LogP contribution in [0.4, 0.5) is 0 Å². The summed E-state index contributed by atoms with van der Waals surface area (Å²) < 4.78 is 0. The third kappa shape index (κ3) is 2.91. The molecule has 2 fully saturated rings. The van der Waals surface area contributed by atoms with E-state index in [-0.39, 0.29) is 36.4 Å². The average molecular weight is 284 g/mol. The molecule has 1 saturated carbocycles. The molecule has 1 saturated heterocycles.